The fourth-order valence-electron chi connectivity index (χ4n) is 3.70. The van der Waals surface area contributed by atoms with Gasteiger partial charge in [-0.15, -0.1) is 0 Å². The molecular formula is C20H16ClF3N2O. The number of H-pyrrole nitrogens is 1. The van der Waals surface area contributed by atoms with E-state index >= 15 is 0 Å². The Morgan fingerprint density at radius 1 is 1.15 bits per heavy atom. The Morgan fingerprint density at radius 3 is 2.74 bits per heavy atom. The molecular weight excluding hydrogens is 377 g/mol. The van der Waals surface area contributed by atoms with Gasteiger partial charge in [-0.05, 0) is 49.1 Å². The fraction of sp³-hybridized carbons (Fsp3) is 0.250. The van der Waals surface area contributed by atoms with Crippen LogP contribution in [0, 0.1) is 17.5 Å². The number of carbonyl (C=O) groups excluding carboxylic acids is 1. The van der Waals surface area contributed by atoms with E-state index in [2.05, 4.69) is 10.3 Å². The molecule has 0 spiro atoms. The van der Waals surface area contributed by atoms with Crippen LogP contribution < -0.4 is 5.32 Å². The van der Waals surface area contributed by atoms with Crippen LogP contribution in [0.15, 0.2) is 30.3 Å². The summed E-state index contributed by atoms with van der Waals surface area (Å²) in [6, 6.07) is 6.52. The van der Waals surface area contributed by atoms with Crippen LogP contribution in [0.2, 0.25) is 5.02 Å². The topological polar surface area (TPSA) is 44.9 Å². The van der Waals surface area contributed by atoms with Crippen molar-refractivity contribution in [2.75, 3.05) is 0 Å². The standard InChI is InChI=1S/C20H16ClF3N2O/c21-11-4-5-17-13(8-11)12-2-1-3-18(20(12)26-17)25-19(27)7-10-6-15(23)16(24)9-14(10)22/h4-6,8-9,18,26H,1-3,7H2,(H,25,27)/t18-/m1/s1. The summed E-state index contributed by atoms with van der Waals surface area (Å²) in [5, 5.41) is 4.55. The number of hydrogen-bond donors (Lipinski definition) is 2. The van der Waals surface area contributed by atoms with Crippen LogP contribution in [-0.2, 0) is 17.6 Å². The number of nitrogens with one attached hydrogen (secondary N) is 2. The van der Waals surface area contributed by atoms with Gasteiger partial charge in [-0.3, -0.25) is 4.79 Å². The molecule has 0 saturated carbocycles. The molecule has 0 radical (unpaired) electrons. The van der Waals surface area contributed by atoms with Crippen LogP contribution in [-0.4, -0.2) is 10.9 Å². The van der Waals surface area contributed by atoms with Crippen molar-refractivity contribution in [1.29, 1.82) is 0 Å². The molecule has 27 heavy (non-hydrogen) atoms. The molecule has 0 unspecified atom stereocenters. The van der Waals surface area contributed by atoms with E-state index in [0.717, 1.165) is 47.5 Å². The quantitative estimate of drug-likeness (QED) is 0.607. The number of carbonyl (C=O) groups is 1. The summed E-state index contributed by atoms with van der Waals surface area (Å²) in [6.45, 7) is 0. The molecule has 0 bridgehead atoms. The smallest absolute Gasteiger partial charge is 0.225 e. The third-order valence-electron chi connectivity index (χ3n) is 4.94. The van der Waals surface area contributed by atoms with Gasteiger partial charge in [-0.2, -0.15) is 0 Å². The van der Waals surface area contributed by atoms with Crippen LogP contribution >= 0.6 is 11.6 Å². The van der Waals surface area contributed by atoms with Gasteiger partial charge in [-0.1, -0.05) is 11.6 Å². The average molecular weight is 393 g/mol. The predicted octanol–water partition coefficient (Wildman–Crippen LogP) is 4.97. The molecule has 1 aliphatic rings. The van der Waals surface area contributed by atoms with Crippen molar-refractivity contribution in [2.45, 2.75) is 31.7 Å². The first-order valence-corrected chi connectivity index (χ1v) is 9.03. The summed E-state index contributed by atoms with van der Waals surface area (Å²) >= 11 is 6.09. The van der Waals surface area contributed by atoms with E-state index in [-0.39, 0.29) is 18.0 Å². The fourth-order valence-corrected chi connectivity index (χ4v) is 3.87. The first kappa shape index (κ1) is 17.9. The minimum atomic E-state index is -1.27. The van der Waals surface area contributed by atoms with Crippen molar-refractivity contribution in [3.8, 4) is 0 Å². The number of aryl methyl sites for hydroxylation is 1. The van der Waals surface area contributed by atoms with E-state index in [1.165, 1.54) is 0 Å². The lowest BCUT2D eigenvalue weighted by molar-refractivity contribution is -0.121. The van der Waals surface area contributed by atoms with Gasteiger partial charge in [0, 0.05) is 33.2 Å². The molecule has 1 atom stereocenters. The van der Waals surface area contributed by atoms with Crippen LogP contribution in [0.25, 0.3) is 10.9 Å². The molecule has 1 amide bonds. The molecule has 1 aromatic heterocycles. The second kappa shape index (κ2) is 6.93. The Morgan fingerprint density at radius 2 is 1.93 bits per heavy atom. The monoisotopic (exact) mass is 392 g/mol. The first-order chi connectivity index (χ1) is 12.9. The summed E-state index contributed by atoms with van der Waals surface area (Å²) in [6.07, 6.45) is 2.14. The van der Waals surface area contributed by atoms with Gasteiger partial charge in [0.05, 0.1) is 12.5 Å². The van der Waals surface area contributed by atoms with E-state index in [1.807, 2.05) is 12.1 Å². The number of halogens is 4. The molecule has 1 heterocycles. The normalized spacial score (nSPS) is 16.4. The minimum absolute atomic E-state index is 0.175. The number of aromatic amines is 1. The molecule has 2 aromatic carbocycles. The van der Waals surface area contributed by atoms with Crippen molar-refractivity contribution < 1.29 is 18.0 Å². The summed E-state index contributed by atoms with van der Waals surface area (Å²) in [5.74, 6) is -3.83. The number of hydrogen-bond acceptors (Lipinski definition) is 1. The lowest BCUT2D eigenvalue weighted by Crippen LogP contribution is -2.32. The van der Waals surface area contributed by atoms with Crippen LogP contribution in [0.1, 0.15) is 35.7 Å². The van der Waals surface area contributed by atoms with E-state index in [0.29, 0.717) is 11.1 Å². The lowest BCUT2D eigenvalue weighted by atomic mass is 9.91. The zero-order valence-corrected chi connectivity index (χ0v) is 15.0. The summed E-state index contributed by atoms with van der Waals surface area (Å²) < 4.78 is 40.1. The Balaban J connectivity index is 1.57. The number of amides is 1. The van der Waals surface area contributed by atoms with E-state index in [9.17, 15) is 18.0 Å². The van der Waals surface area contributed by atoms with Crippen molar-refractivity contribution in [2.24, 2.45) is 0 Å². The van der Waals surface area contributed by atoms with E-state index < -0.39 is 23.4 Å². The third-order valence-corrected chi connectivity index (χ3v) is 5.18. The second-order valence-electron chi connectivity index (χ2n) is 6.75. The molecule has 0 fully saturated rings. The maximum absolute atomic E-state index is 13.8. The summed E-state index contributed by atoms with van der Waals surface area (Å²) in [7, 11) is 0. The highest BCUT2D eigenvalue weighted by atomic mass is 35.5. The molecule has 0 aliphatic heterocycles. The number of rotatable bonds is 3. The Kier molecular flexibility index (Phi) is 4.60. The van der Waals surface area contributed by atoms with Gasteiger partial charge < -0.3 is 10.3 Å². The molecule has 2 N–H and O–H groups in total. The van der Waals surface area contributed by atoms with Gasteiger partial charge in [0.2, 0.25) is 5.91 Å². The SMILES string of the molecule is O=C(Cc1cc(F)c(F)cc1F)N[C@@H]1CCCc2c1[nH]c1ccc(Cl)cc21. The van der Waals surface area contributed by atoms with Crippen molar-refractivity contribution in [3.05, 3.63) is 69.6 Å². The van der Waals surface area contributed by atoms with Crippen molar-refractivity contribution in [3.63, 3.8) is 0 Å². The highest BCUT2D eigenvalue weighted by molar-refractivity contribution is 6.31. The number of fused-ring (bicyclic) bond motifs is 3. The largest absolute Gasteiger partial charge is 0.356 e. The van der Waals surface area contributed by atoms with Crippen LogP contribution in [0.3, 0.4) is 0 Å². The highest BCUT2D eigenvalue weighted by Crippen LogP contribution is 2.35. The van der Waals surface area contributed by atoms with Crippen LogP contribution in [0.5, 0.6) is 0 Å². The van der Waals surface area contributed by atoms with Crippen LogP contribution in [0.4, 0.5) is 13.2 Å². The zero-order valence-electron chi connectivity index (χ0n) is 14.2. The summed E-state index contributed by atoms with van der Waals surface area (Å²) in [4.78, 5) is 15.7. The van der Waals surface area contributed by atoms with Gasteiger partial charge in [0.15, 0.2) is 11.6 Å². The van der Waals surface area contributed by atoms with Gasteiger partial charge in [0.25, 0.3) is 0 Å². The van der Waals surface area contributed by atoms with Crippen molar-refractivity contribution >= 4 is 28.4 Å². The number of benzene rings is 2. The minimum Gasteiger partial charge on any atom is -0.356 e. The number of aromatic nitrogens is 1. The molecule has 140 valence electrons. The molecule has 0 saturated heterocycles. The molecule has 1 aliphatic carbocycles. The van der Waals surface area contributed by atoms with E-state index in [1.54, 1.807) is 6.07 Å². The second-order valence-corrected chi connectivity index (χ2v) is 7.19. The van der Waals surface area contributed by atoms with Gasteiger partial charge in [-0.25, -0.2) is 13.2 Å². The third kappa shape index (κ3) is 3.41. The van der Waals surface area contributed by atoms with Gasteiger partial charge >= 0.3 is 0 Å². The Labute approximate surface area is 158 Å². The Hall–Kier alpha value is -2.47. The maximum atomic E-state index is 13.8. The Bertz CT molecular complexity index is 1050. The average Bonchev–Trinajstić information content (AvgIpc) is 2.99. The predicted molar refractivity (Wildman–Crippen MR) is 97.2 cm³/mol. The summed E-state index contributed by atoms with van der Waals surface area (Å²) in [5.41, 5.74) is 2.80. The van der Waals surface area contributed by atoms with E-state index in [4.69, 9.17) is 11.6 Å². The highest BCUT2D eigenvalue weighted by Gasteiger charge is 2.26. The van der Waals surface area contributed by atoms with Gasteiger partial charge in [0.1, 0.15) is 5.82 Å². The molecule has 3 aromatic rings. The molecule has 4 rings (SSSR count). The first-order valence-electron chi connectivity index (χ1n) is 8.65. The molecule has 7 heteroatoms. The van der Waals surface area contributed by atoms with Crippen molar-refractivity contribution in [1.82, 2.24) is 10.3 Å². The zero-order chi connectivity index (χ0) is 19.1. The molecule has 3 nitrogen and oxygen atoms in total. The lowest BCUT2D eigenvalue weighted by Gasteiger charge is -2.24. The maximum Gasteiger partial charge on any atom is 0.225 e.